The summed E-state index contributed by atoms with van der Waals surface area (Å²) in [7, 11) is 0. The quantitative estimate of drug-likeness (QED) is 0.647. The molecular formula is C20H29N5O5. The van der Waals surface area contributed by atoms with Gasteiger partial charge in [0.1, 0.15) is 25.9 Å². The molecule has 0 spiro atoms. The van der Waals surface area contributed by atoms with Gasteiger partial charge in [0.15, 0.2) is 0 Å². The molecule has 164 valence electrons. The average Bonchev–Trinajstić information content (AvgIpc) is 3.34. The first-order chi connectivity index (χ1) is 14.4. The number of rotatable bonds is 8. The predicted octanol–water partition coefficient (Wildman–Crippen LogP) is 0.833. The third-order valence-corrected chi connectivity index (χ3v) is 5.64. The third kappa shape index (κ3) is 4.15. The van der Waals surface area contributed by atoms with Gasteiger partial charge < -0.3 is 24.6 Å². The summed E-state index contributed by atoms with van der Waals surface area (Å²) in [5, 5.41) is 21.2. The lowest BCUT2D eigenvalue weighted by Crippen LogP contribution is -2.46. The Morgan fingerprint density at radius 3 is 2.73 bits per heavy atom. The maximum Gasteiger partial charge on any atom is 0.329 e. The fraction of sp³-hybridized carbons (Fsp3) is 0.650. The zero-order valence-electron chi connectivity index (χ0n) is 17.6. The smallest absolute Gasteiger partial charge is 0.329 e. The molecule has 2 aromatic heterocycles. The summed E-state index contributed by atoms with van der Waals surface area (Å²) in [6.45, 7) is 8.95. The Morgan fingerprint density at radius 2 is 1.97 bits per heavy atom. The van der Waals surface area contributed by atoms with E-state index in [4.69, 9.17) is 19.3 Å². The summed E-state index contributed by atoms with van der Waals surface area (Å²) in [5.41, 5.74) is 1.93. The van der Waals surface area contributed by atoms with Gasteiger partial charge in [-0.15, -0.1) is 0 Å². The maximum absolute atomic E-state index is 10.7. The number of ether oxygens (including phenoxy) is 3. The maximum atomic E-state index is 10.7. The summed E-state index contributed by atoms with van der Waals surface area (Å²) in [6.07, 6.45) is 4.30. The van der Waals surface area contributed by atoms with Crippen LogP contribution < -0.4 is 14.8 Å². The highest BCUT2D eigenvalue weighted by atomic mass is 16.6. The van der Waals surface area contributed by atoms with E-state index in [1.807, 2.05) is 17.1 Å². The molecular weight excluding hydrogens is 390 g/mol. The molecule has 30 heavy (non-hydrogen) atoms. The Labute approximate surface area is 175 Å². The van der Waals surface area contributed by atoms with Gasteiger partial charge in [0.05, 0.1) is 31.5 Å². The van der Waals surface area contributed by atoms with E-state index in [1.165, 1.54) is 0 Å². The molecule has 0 aromatic carbocycles. The Bertz CT molecular complexity index is 906. The first-order valence-electron chi connectivity index (χ1n) is 10.3. The Hall–Kier alpha value is -2.59. The zero-order valence-corrected chi connectivity index (χ0v) is 17.6. The first kappa shape index (κ1) is 20.7. The zero-order chi connectivity index (χ0) is 21.3. The van der Waals surface area contributed by atoms with Gasteiger partial charge in [0, 0.05) is 23.1 Å². The summed E-state index contributed by atoms with van der Waals surface area (Å²) in [4.78, 5) is 10.7. The molecule has 0 amide bonds. The fourth-order valence-corrected chi connectivity index (χ4v) is 3.84. The predicted molar refractivity (Wildman–Crippen MR) is 107 cm³/mol. The molecule has 4 heterocycles. The number of fused-ring (bicyclic) bond motifs is 2. The van der Waals surface area contributed by atoms with E-state index in [1.54, 1.807) is 4.68 Å². The van der Waals surface area contributed by atoms with Crippen molar-refractivity contribution < 1.29 is 24.1 Å². The van der Waals surface area contributed by atoms with Crippen molar-refractivity contribution in [3.8, 4) is 11.8 Å². The van der Waals surface area contributed by atoms with Crippen LogP contribution in [0.25, 0.3) is 0 Å². The molecule has 4 rings (SSSR count). The van der Waals surface area contributed by atoms with Crippen LogP contribution in [-0.2, 0) is 34.5 Å². The molecule has 0 fully saturated rings. The molecule has 2 atom stereocenters. The number of aliphatic carboxylic acids is 1. The Morgan fingerprint density at radius 1 is 1.23 bits per heavy atom. The highest BCUT2D eigenvalue weighted by Gasteiger charge is 2.33. The van der Waals surface area contributed by atoms with Crippen molar-refractivity contribution in [1.29, 1.82) is 0 Å². The van der Waals surface area contributed by atoms with E-state index in [-0.39, 0.29) is 24.2 Å². The molecule has 0 aliphatic carbocycles. The van der Waals surface area contributed by atoms with Gasteiger partial charge in [0.2, 0.25) is 11.8 Å². The van der Waals surface area contributed by atoms with Crippen LogP contribution in [0.3, 0.4) is 0 Å². The van der Waals surface area contributed by atoms with E-state index >= 15 is 0 Å². The third-order valence-electron chi connectivity index (χ3n) is 5.64. The van der Waals surface area contributed by atoms with E-state index in [2.05, 4.69) is 36.3 Å². The van der Waals surface area contributed by atoms with Gasteiger partial charge in [-0.1, -0.05) is 20.8 Å². The van der Waals surface area contributed by atoms with Gasteiger partial charge in [-0.25, -0.2) is 14.2 Å². The van der Waals surface area contributed by atoms with Crippen LogP contribution in [0.4, 0.5) is 0 Å². The van der Waals surface area contributed by atoms with E-state index in [0.717, 1.165) is 42.4 Å². The number of aromatic nitrogens is 4. The van der Waals surface area contributed by atoms with E-state index in [9.17, 15) is 4.79 Å². The second kappa shape index (κ2) is 8.27. The highest BCUT2D eigenvalue weighted by Crippen LogP contribution is 2.33. The summed E-state index contributed by atoms with van der Waals surface area (Å²) in [5.74, 6) is 0.612. The van der Waals surface area contributed by atoms with Gasteiger partial charge in [-0.05, 0) is 6.42 Å². The topological polar surface area (TPSA) is 113 Å². The number of hydrogen-bond donors (Lipinski definition) is 2. The number of carbonyl (C=O) groups is 1. The monoisotopic (exact) mass is 419 g/mol. The van der Waals surface area contributed by atoms with Gasteiger partial charge in [-0.2, -0.15) is 10.2 Å². The van der Waals surface area contributed by atoms with E-state index < -0.39 is 5.97 Å². The number of hydrogen-bond acceptors (Lipinski definition) is 7. The summed E-state index contributed by atoms with van der Waals surface area (Å²) < 4.78 is 20.8. The van der Waals surface area contributed by atoms with Crippen molar-refractivity contribution >= 4 is 5.97 Å². The lowest BCUT2D eigenvalue weighted by molar-refractivity contribution is -0.146. The van der Waals surface area contributed by atoms with Crippen LogP contribution in [0, 0.1) is 0 Å². The second-order valence-corrected chi connectivity index (χ2v) is 8.47. The summed E-state index contributed by atoms with van der Waals surface area (Å²) in [6, 6.07) is 0.169. The van der Waals surface area contributed by atoms with Crippen LogP contribution in [0.1, 0.15) is 31.9 Å². The largest absolute Gasteiger partial charge is 0.480 e. The van der Waals surface area contributed by atoms with Crippen molar-refractivity contribution in [2.75, 3.05) is 26.4 Å². The first-order valence-corrected chi connectivity index (χ1v) is 10.3. The second-order valence-electron chi connectivity index (χ2n) is 8.47. The normalized spacial score (nSPS) is 20.8. The standard InChI is InChI=1S/C20H29N5O5/c1-4-13-5-22-24-7-14(9-29-18(13)24)21-12-20(2,3)16-6-23-25-8-15(10-30-19(16)25)28-11-17(26)27/h5-6,14-15,21H,4,7-12H2,1-3H3,(H,26,27). The van der Waals surface area contributed by atoms with Crippen LogP contribution >= 0.6 is 0 Å². The van der Waals surface area contributed by atoms with Gasteiger partial charge in [0.25, 0.3) is 0 Å². The minimum Gasteiger partial charge on any atom is -0.480 e. The fourth-order valence-electron chi connectivity index (χ4n) is 3.84. The molecule has 2 unspecified atom stereocenters. The molecule has 0 saturated heterocycles. The van der Waals surface area contributed by atoms with Crippen molar-refractivity contribution in [3.63, 3.8) is 0 Å². The molecule has 10 heteroatoms. The number of nitrogens with zero attached hydrogens (tertiary/aromatic N) is 4. The van der Waals surface area contributed by atoms with Gasteiger partial charge >= 0.3 is 5.97 Å². The van der Waals surface area contributed by atoms with Gasteiger partial charge in [-0.3, -0.25) is 0 Å². The molecule has 2 aliphatic rings. The van der Waals surface area contributed by atoms with Crippen LogP contribution in [-0.4, -0.2) is 69.1 Å². The molecule has 0 saturated carbocycles. The molecule has 0 bridgehead atoms. The van der Waals surface area contributed by atoms with E-state index in [0.29, 0.717) is 19.8 Å². The lowest BCUT2D eigenvalue weighted by atomic mass is 9.86. The SMILES string of the molecule is CCc1cnn2c1OCC(NCC(C)(C)c1cnn3c1OCC(OCC(=O)O)C3)C2. The Kier molecular flexibility index (Phi) is 5.70. The van der Waals surface area contributed by atoms with Crippen molar-refractivity contribution in [2.45, 2.75) is 57.8 Å². The van der Waals surface area contributed by atoms with Crippen molar-refractivity contribution in [2.24, 2.45) is 0 Å². The minimum atomic E-state index is -0.992. The Balaban J connectivity index is 1.36. The van der Waals surface area contributed by atoms with Crippen molar-refractivity contribution in [3.05, 3.63) is 23.5 Å². The summed E-state index contributed by atoms with van der Waals surface area (Å²) >= 11 is 0. The number of carboxylic acid groups (broad SMARTS) is 1. The molecule has 2 aliphatic heterocycles. The molecule has 10 nitrogen and oxygen atoms in total. The van der Waals surface area contributed by atoms with Crippen LogP contribution in [0.2, 0.25) is 0 Å². The minimum absolute atomic E-state index is 0.169. The van der Waals surface area contributed by atoms with Crippen LogP contribution in [0.5, 0.6) is 11.8 Å². The number of nitrogens with one attached hydrogen (secondary N) is 1. The van der Waals surface area contributed by atoms with Crippen LogP contribution in [0.15, 0.2) is 12.4 Å². The molecule has 2 aromatic rings. The highest BCUT2D eigenvalue weighted by molar-refractivity contribution is 5.68. The van der Waals surface area contributed by atoms with Crippen molar-refractivity contribution in [1.82, 2.24) is 24.9 Å². The number of carboxylic acids is 1. The molecule has 2 N–H and O–H groups in total. The lowest BCUT2D eigenvalue weighted by Gasteiger charge is -2.32. The number of aryl methyl sites for hydroxylation is 1. The average molecular weight is 419 g/mol. The molecule has 0 radical (unpaired) electrons.